The third kappa shape index (κ3) is 5.12. The van der Waals surface area contributed by atoms with Crippen molar-refractivity contribution in [1.82, 2.24) is 19.9 Å². The summed E-state index contributed by atoms with van der Waals surface area (Å²) in [5.41, 5.74) is 2.46. The van der Waals surface area contributed by atoms with Crippen LogP contribution < -0.4 is 0 Å². The van der Waals surface area contributed by atoms with Crippen molar-refractivity contribution in [3.8, 4) is 16.9 Å². The van der Waals surface area contributed by atoms with Crippen LogP contribution in [0.5, 0.6) is 0 Å². The molecule has 2 aromatic carbocycles. The number of rotatable bonds is 5. The highest BCUT2D eigenvalue weighted by Crippen LogP contribution is 2.28. The monoisotopic (exact) mass is 471 g/mol. The van der Waals surface area contributed by atoms with Crippen LogP contribution in [-0.4, -0.2) is 52.4 Å². The molecule has 0 unspecified atom stereocenters. The first-order valence-electron chi connectivity index (χ1n) is 9.21. The van der Waals surface area contributed by atoms with Gasteiger partial charge in [0, 0.05) is 40.6 Å². The van der Waals surface area contributed by atoms with Crippen molar-refractivity contribution in [2.24, 2.45) is 4.99 Å². The van der Waals surface area contributed by atoms with Gasteiger partial charge in [0.05, 0.1) is 18.9 Å². The van der Waals surface area contributed by atoms with Gasteiger partial charge in [0.25, 0.3) is 0 Å². The van der Waals surface area contributed by atoms with Crippen molar-refractivity contribution in [2.45, 2.75) is 0 Å². The normalized spacial score (nSPS) is 14.9. The predicted molar refractivity (Wildman–Crippen MR) is 119 cm³/mol. The van der Waals surface area contributed by atoms with Crippen LogP contribution in [0.4, 0.5) is 5.82 Å². The first kappa shape index (κ1) is 19.8. The van der Waals surface area contributed by atoms with Crippen LogP contribution in [-0.2, 0) is 4.74 Å². The molecule has 3 aromatic rings. The summed E-state index contributed by atoms with van der Waals surface area (Å²) in [6, 6.07) is 15.3. The van der Waals surface area contributed by atoms with Crippen LogP contribution in [0, 0.1) is 0 Å². The minimum absolute atomic E-state index is 0.543. The van der Waals surface area contributed by atoms with E-state index in [9.17, 15) is 0 Å². The molecule has 0 spiro atoms. The molecule has 0 amide bonds. The zero-order valence-corrected chi connectivity index (χ0v) is 17.9. The summed E-state index contributed by atoms with van der Waals surface area (Å²) in [6.07, 6.45) is 5.67. The topological polar surface area (TPSA) is 55.5 Å². The van der Waals surface area contributed by atoms with Crippen molar-refractivity contribution >= 4 is 39.6 Å². The van der Waals surface area contributed by atoms with Crippen molar-refractivity contribution in [1.29, 1.82) is 0 Å². The number of hydrogen-bond donors (Lipinski definition) is 0. The molecule has 1 aromatic heterocycles. The van der Waals surface area contributed by atoms with E-state index in [1.807, 2.05) is 60.8 Å². The van der Waals surface area contributed by atoms with Gasteiger partial charge >= 0.3 is 0 Å². The SMILES string of the molecule is Clc1ccc(-c2nn(-c3ccc(Br)cc3)nc2N=C/C=C/N2CCOCC2)cc1. The number of halogens is 2. The minimum atomic E-state index is 0.543. The lowest BCUT2D eigenvalue weighted by Gasteiger charge is -2.24. The van der Waals surface area contributed by atoms with E-state index in [4.69, 9.17) is 16.3 Å². The molecule has 29 heavy (non-hydrogen) atoms. The molecule has 6 nitrogen and oxygen atoms in total. The summed E-state index contributed by atoms with van der Waals surface area (Å²) in [4.78, 5) is 8.34. The Morgan fingerprint density at radius 3 is 2.45 bits per heavy atom. The van der Waals surface area contributed by atoms with Gasteiger partial charge in [0.2, 0.25) is 5.82 Å². The molecule has 1 fully saturated rings. The van der Waals surface area contributed by atoms with Gasteiger partial charge in [-0.2, -0.15) is 0 Å². The van der Waals surface area contributed by atoms with E-state index < -0.39 is 0 Å². The van der Waals surface area contributed by atoms with E-state index in [2.05, 4.69) is 36.0 Å². The van der Waals surface area contributed by atoms with Crippen LogP contribution in [0.1, 0.15) is 0 Å². The molecule has 0 radical (unpaired) electrons. The van der Waals surface area contributed by atoms with E-state index in [0.29, 0.717) is 16.5 Å². The van der Waals surface area contributed by atoms with Crippen molar-refractivity contribution < 1.29 is 4.74 Å². The number of ether oxygens (including phenoxy) is 1. The van der Waals surface area contributed by atoms with Crippen LogP contribution in [0.2, 0.25) is 5.02 Å². The minimum Gasteiger partial charge on any atom is -0.378 e. The summed E-state index contributed by atoms with van der Waals surface area (Å²) in [5.74, 6) is 0.543. The fourth-order valence-corrected chi connectivity index (χ4v) is 3.26. The van der Waals surface area contributed by atoms with Crippen molar-refractivity contribution in [3.05, 3.63) is 70.3 Å². The Kier molecular flexibility index (Phi) is 6.39. The number of aliphatic imine (C=N–C) groups is 1. The van der Waals surface area contributed by atoms with Gasteiger partial charge in [-0.05, 0) is 42.5 Å². The highest BCUT2D eigenvalue weighted by molar-refractivity contribution is 9.10. The van der Waals surface area contributed by atoms with E-state index in [1.54, 1.807) is 11.0 Å². The molecule has 2 heterocycles. The number of hydrogen-bond acceptors (Lipinski definition) is 5. The molecule has 0 aliphatic carbocycles. The summed E-state index contributed by atoms with van der Waals surface area (Å²) in [6.45, 7) is 3.29. The van der Waals surface area contributed by atoms with Crippen LogP contribution in [0.15, 0.2) is 70.3 Å². The molecule has 148 valence electrons. The molecule has 1 aliphatic rings. The number of nitrogens with zero attached hydrogens (tertiary/aromatic N) is 5. The summed E-state index contributed by atoms with van der Waals surface area (Å²) in [5, 5.41) is 9.92. The molecular weight excluding hydrogens is 454 g/mol. The lowest BCUT2D eigenvalue weighted by atomic mass is 10.1. The van der Waals surface area contributed by atoms with E-state index >= 15 is 0 Å². The highest BCUT2D eigenvalue weighted by Gasteiger charge is 2.13. The summed E-state index contributed by atoms with van der Waals surface area (Å²) >= 11 is 9.48. The quantitative estimate of drug-likeness (QED) is 0.496. The number of benzene rings is 2. The number of morpholine rings is 1. The summed E-state index contributed by atoms with van der Waals surface area (Å²) in [7, 11) is 0. The Hall–Kier alpha value is -2.48. The average Bonchev–Trinajstić information content (AvgIpc) is 3.17. The molecule has 8 heteroatoms. The van der Waals surface area contributed by atoms with Gasteiger partial charge in [0.15, 0.2) is 0 Å². The second-order valence-corrected chi connectivity index (χ2v) is 7.77. The molecule has 1 aliphatic heterocycles. The largest absolute Gasteiger partial charge is 0.378 e. The lowest BCUT2D eigenvalue weighted by Crippen LogP contribution is -2.31. The Balaban J connectivity index is 1.63. The molecule has 0 bridgehead atoms. The van der Waals surface area contributed by atoms with E-state index in [-0.39, 0.29) is 0 Å². The Bertz CT molecular complexity index is 1010. The zero-order valence-electron chi connectivity index (χ0n) is 15.6. The Morgan fingerprint density at radius 1 is 1.00 bits per heavy atom. The molecule has 0 atom stereocenters. The van der Waals surface area contributed by atoms with Gasteiger partial charge < -0.3 is 9.64 Å². The second-order valence-electron chi connectivity index (χ2n) is 6.41. The highest BCUT2D eigenvalue weighted by atomic mass is 79.9. The maximum atomic E-state index is 6.03. The van der Waals surface area contributed by atoms with Gasteiger partial charge in [-0.15, -0.1) is 15.0 Å². The molecule has 0 saturated carbocycles. The van der Waals surface area contributed by atoms with E-state index in [1.165, 1.54) is 0 Å². The maximum Gasteiger partial charge on any atom is 0.202 e. The fraction of sp³-hybridized carbons (Fsp3) is 0.190. The third-order valence-corrected chi connectivity index (χ3v) is 5.18. The molecular formula is C21H19BrClN5O. The molecule has 0 N–H and O–H groups in total. The Morgan fingerprint density at radius 2 is 1.72 bits per heavy atom. The van der Waals surface area contributed by atoms with Crippen LogP contribution in [0.3, 0.4) is 0 Å². The van der Waals surface area contributed by atoms with Crippen LogP contribution >= 0.6 is 27.5 Å². The Labute approximate surface area is 182 Å². The first-order valence-corrected chi connectivity index (χ1v) is 10.4. The first-order chi connectivity index (χ1) is 14.2. The maximum absolute atomic E-state index is 6.03. The molecule has 1 saturated heterocycles. The van der Waals surface area contributed by atoms with Gasteiger partial charge in [-0.25, -0.2) is 4.99 Å². The predicted octanol–water partition coefficient (Wildman–Crippen LogP) is 4.90. The van der Waals surface area contributed by atoms with Crippen LogP contribution in [0.25, 0.3) is 16.9 Å². The standard InChI is InChI=1S/C21H19BrClN5O/c22-17-4-8-19(9-5-17)28-25-20(16-2-6-18(23)7-3-16)21(26-28)24-10-1-11-27-12-14-29-15-13-27/h1-11H,12-15H2/b11-1+,24-10?. The second kappa shape index (κ2) is 9.35. The van der Waals surface area contributed by atoms with Gasteiger partial charge in [-0.3, -0.25) is 0 Å². The van der Waals surface area contributed by atoms with Crippen molar-refractivity contribution in [3.63, 3.8) is 0 Å². The third-order valence-electron chi connectivity index (χ3n) is 4.40. The molecule has 4 rings (SSSR count). The number of allylic oxidation sites excluding steroid dienone is 1. The lowest BCUT2D eigenvalue weighted by molar-refractivity contribution is 0.0594. The van der Waals surface area contributed by atoms with E-state index in [0.717, 1.165) is 42.0 Å². The zero-order chi connectivity index (χ0) is 20.1. The average molecular weight is 473 g/mol. The van der Waals surface area contributed by atoms with Crippen molar-refractivity contribution in [2.75, 3.05) is 26.3 Å². The fourth-order valence-electron chi connectivity index (χ4n) is 2.87. The summed E-state index contributed by atoms with van der Waals surface area (Å²) < 4.78 is 6.36. The smallest absolute Gasteiger partial charge is 0.202 e. The van der Waals surface area contributed by atoms with Gasteiger partial charge in [0.1, 0.15) is 5.69 Å². The van der Waals surface area contributed by atoms with Gasteiger partial charge in [-0.1, -0.05) is 39.7 Å². The number of aromatic nitrogens is 3.